The SMILES string of the molecule is O=C(O)c1cccc(CCNC(=O)C2CCCCN2C(=O)c2ccccc2)c1. The molecule has 2 aromatic rings. The normalized spacial score (nSPS) is 16.4. The predicted molar refractivity (Wildman–Crippen MR) is 105 cm³/mol. The van der Waals surface area contributed by atoms with Crippen LogP contribution in [0.3, 0.4) is 0 Å². The molecule has 0 spiro atoms. The third-order valence-corrected chi connectivity index (χ3v) is 4.97. The molecule has 28 heavy (non-hydrogen) atoms. The molecule has 6 nitrogen and oxygen atoms in total. The Morgan fingerprint density at radius 3 is 2.50 bits per heavy atom. The Kier molecular flexibility index (Phi) is 6.42. The number of piperidine rings is 1. The van der Waals surface area contributed by atoms with Crippen molar-refractivity contribution in [2.24, 2.45) is 0 Å². The highest BCUT2D eigenvalue weighted by Gasteiger charge is 2.32. The van der Waals surface area contributed by atoms with Crippen molar-refractivity contribution in [1.82, 2.24) is 10.2 Å². The van der Waals surface area contributed by atoms with Gasteiger partial charge in [0.2, 0.25) is 5.91 Å². The molecule has 0 aromatic heterocycles. The summed E-state index contributed by atoms with van der Waals surface area (Å²) in [7, 11) is 0. The van der Waals surface area contributed by atoms with Crippen molar-refractivity contribution in [3.05, 3.63) is 71.3 Å². The Labute approximate surface area is 164 Å². The van der Waals surface area contributed by atoms with Crippen LogP contribution in [0.5, 0.6) is 0 Å². The first-order chi connectivity index (χ1) is 13.6. The second kappa shape index (κ2) is 9.17. The van der Waals surface area contributed by atoms with Crippen LogP contribution in [-0.4, -0.2) is 46.9 Å². The number of hydrogen-bond donors (Lipinski definition) is 2. The fourth-order valence-corrected chi connectivity index (χ4v) is 3.50. The minimum atomic E-state index is -0.969. The van der Waals surface area contributed by atoms with E-state index < -0.39 is 12.0 Å². The second-order valence-corrected chi connectivity index (χ2v) is 6.92. The first-order valence-corrected chi connectivity index (χ1v) is 9.52. The average Bonchev–Trinajstić information content (AvgIpc) is 2.74. The summed E-state index contributed by atoms with van der Waals surface area (Å²) in [5, 5.41) is 12.0. The van der Waals surface area contributed by atoms with Gasteiger partial charge >= 0.3 is 5.97 Å². The van der Waals surface area contributed by atoms with Gasteiger partial charge in [-0.25, -0.2) is 4.79 Å². The van der Waals surface area contributed by atoms with E-state index in [0.717, 1.165) is 18.4 Å². The summed E-state index contributed by atoms with van der Waals surface area (Å²) < 4.78 is 0. The summed E-state index contributed by atoms with van der Waals surface area (Å²) in [4.78, 5) is 38.2. The lowest BCUT2D eigenvalue weighted by molar-refractivity contribution is -0.126. The van der Waals surface area contributed by atoms with Crippen LogP contribution < -0.4 is 5.32 Å². The second-order valence-electron chi connectivity index (χ2n) is 6.92. The zero-order valence-corrected chi connectivity index (χ0v) is 15.6. The van der Waals surface area contributed by atoms with Crippen molar-refractivity contribution >= 4 is 17.8 Å². The van der Waals surface area contributed by atoms with Crippen molar-refractivity contribution < 1.29 is 19.5 Å². The monoisotopic (exact) mass is 380 g/mol. The predicted octanol–water partition coefficient (Wildman–Crippen LogP) is 2.74. The highest BCUT2D eigenvalue weighted by molar-refractivity contribution is 5.97. The topological polar surface area (TPSA) is 86.7 Å². The molecule has 0 bridgehead atoms. The van der Waals surface area contributed by atoms with Crippen molar-refractivity contribution in [3.8, 4) is 0 Å². The number of nitrogens with one attached hydrogen (secondary N) is 1. The Hall–Kier alpha value is -3.15. The molecule has 2 amide bonds. The smallest absolute Gasteiger partial charge is 0.335 e. The molecule has 1 heterocycles. The summed E-state index contributed by atoms with van der Waals surface area (Å²) >= 11 is 0. The number of benzene rings is 2. The van der Waals surface area contributed by atoms with Gasteiger partial charge in [0, 0.05) is 18.7 Å². The third kappa shape index (κ3) is 4.76. The molecule has 1 saturated heterocycles. The average molecular weight is 380 g/mol. The van der Waals surface area contributed by atoms with Gasteiger partial charge < -0.3 is 15.3 Å². The number of hydrogen-bond acceptors (Lipinski definition) is 3. The number of likely N-dealkylation sites (tertiary alicyclic amines) is 1. The molecule has 2 N–H and O–H groups in total. The highest BCUT2D eigenvalue weighted by Crippen LogP contribution is 2.20. The van der Waals surface area contributed by atoms with E-state index in [9.17, 15) is 14.4 Å². The van der Waals surface area contributed by atoms with Crippen molar-refractivity contribution in [3.63, 3.8) is 0 Å². The van der Waals surface area contributed by atoms with E-state index in [4.69, 9.17) is 5.11 Å². The number of rotatable bonds is 6. The maximum atomic E-state index is 12.8. The van der Waals surface area contributed by atoms with Crippen LogP contribution in [0.4, 0.5) is 0 Å². The summed E-state index contributed by atoms with van der Waals surface area (Å²) in [6.45, 7) is 0.970. The van der Waals surface area contributed by atoms with Crippen LogP contribution in [0.15, 0.2) is 54.6 Å². The highest BCUT2D eigenvalue weighted by atomic mass is 16.4. The maximum Gasteiger partial charge on any atom is 0.335 e. The molecule has 0 aliphatic carbocycles. The van der Waals surface area contributed by atoms with Crippen LogP contribution in [-0.2, 0) is 11.2 Å². The number of aromatic carboxylic acids is 1. The van der Waals surface area contributed by atoms with Crippen LogP contribution in [0, 0.1) is 0 Å². The van der Waals surface area contributed by atoms with E-state index in [1.165, 1.54) is 0 Å². The molecule has 146 valence electrons. The fraction of sp³-hybridized carbons (Fsp3) is 0.318. The first kappa shape index (κ1) is 19.6. The number of carbonyl (C=O) groups is 3. The molecule has 1 unspecified atom stereocenters. The lowest BCUT2D eigenvalue weighted by Gasteiger charge is -2.34. The number of amides is 2. The van der Waals surface area contributed by atoms with Gasteiger partial charge in [-0.2, -0.15) is 0 Å². The van der Waals surface area contributed by atoms with Crippen LogP contribution in [0.2, 0.25) is 0 Å². The first-order valence-electron chi connectivity index (χ1n) is 9.52. The van der Waals surface area contributed by atoms with Gasteiger partial charge in [-0.3, -0.25) is 9.59 Å². The van der Waals surface area contributed by atoms with Gasteiger partial charge in [-0.05, 0) is 55.5 Å². The Morgan fingerprint density at radius 2 is 1.75 bits per heavy atom. The van der Waals surface area contributed by atoms with E-state index >= 15 is 0 Å². The molecular formula is C22H24N2O4. The zero-order valence-electron chi connectivity index (χ0n) is 15.6. The number of nitrogens with zero attached hydrogens (tertiary/aromatic N) is 1. The van der Waals surface area contributed by atoms with Crippen molar-refractivity contribution in [1.29, 1.82) is 0 Å². The van der Waals surface area contributed by atoms with Crippen LogP contribution in [0.25, 0.3) is 0 Å². The van der Waals surface area contributed by atoms with Crippen molar-refractivity contribution in [2.45, 2.75) is 31.7 Å². The van der Waals surface area contributed by atoms with Crippen LogP contribution in [0.1, 0.15) is 45.5 Å². The number of carboxylic acids is 1. The van der Waals surface area contributed by atoms with E-state index in [0.29, 0.717) is 31.5 Å². The molecule has 3 rings (SSSR count). The molecule has 6 heteroatoms. The summed E-state index contributed by atoms with van der Waals surface area (Å²) in [6.07, 6.45) is 2.99. The minimum absolute atomic E-state index is 0.116. The summed E-state index contributed by atoms with van der Waals surface area (Å²) in [6, 6.07) is 15.2. The molecule has 1 aliphatic heterocycles. The lowest BCUT2D eigenvalue weighted by atomic mass is 10.00. The van der Waals surface area contributed by atoms with Gasteiger partial charge in [-0.1, -0.05) is 30.3 Å². The molecule has 0 radical (unpaired) electrons. The molecular weight excluding hydrogens is 356 g/mol. The number of carbonyl (C=O) groups excluding carboxylic acids is 2. The molecule has 2 aromatic carbocycles. The number of carboxylic acid groups (broad SMARTS) is 1. The standard InChI is InChI=1S/C22H24N2O4/c25-20(23-13-12-16-7-6-10-18(15-16)22(27)28)19-11-4-5-14-24(19)21(26)17-8-2-1-3-9-17/h1-3,6-10,15,19H,4-5,11-14H2,(H,23,25)(H,27,28). The Bertz CT molecular complexity index is 851. The van der Waals surface area contributed by atoms with E-state index in [-0.39, 0.29) is 17.4 Å². The minimum Gasteiger partial charge on any atom is -0.478 e. The Balaban J connectivity index is 1.59. The fourth-order valence-electron chi connectivity index (χ4n) is 3.50. The van der Waals surface area contributed by atoms with E-state index in [2.05, 4.69) is 5.32 Å². The zero-order chi connectivity index (χ0) is 19.9. The van der Waals surface area contributed by atoms with Gasteiger partial charge in [0.1, 0.15) is 6.04 Å². The summed E-state index contributed by atoms with van der Waals surface area (Å²) in [5.74, 6) is -1.24. The Morgan fingerprint density at radius 1 is 1.00 bits per heavy atom. The van der Waals surface area contributed by atoms with Crippen LogP contribution >= 0.6 is 0 Å². The van der Waals surface area contributed by atoms with E-state index in [1.807, 2.05) is 24.3 Å². The quantitative estimate of drug-likeness (QED) is 0.807. The van der Waals surface area contributed by atoms with Gasteiger partial charge in [-0.15, -0.1) is 0 Å². The van der Waals surface area contributed by atoms with E-state index in [1.54, 1.807) is 35.2 Å². The largest absolute Gasteiger partial charge is 0.478 e. The third-order valence-electron chi connectivity index (χ3n) is 4.97. The molecule has 1 atom stereocenters. The molecule has 1 fully saturated rings. The molecule has 0 saturated carbocycles. The van der Waals surface area contributed by atoms with Gasteiger partial charge in [0.25, 0.3) is 5.91 Å². The van der Waals surface area contributed by atoms with Gasteiger partial charge in [0.15, 0.2) is 0 Å². The molecule has 1 aliphatic rings. The lowest BCUT2D eigenvalue weighted by Crippen LogP contribution is -2.52. The maximum absolute atomic E-state index is 12.8. The summed E-state index contributed by atoms with van der Waals surface area (Å²) in [5.41, 5.74) is 1.67. The van der Waals surface area contributed by atoms with Gasteiger partial charge in [0.05, 0.1) is 5.56 Å². The van der Waals surface area contributed by atoms with Crippen molar-refractivity contribution in [2.75, 3.05) is 13.1 Å².